The van der Waals surface area contributed by atoms with E-state index in [0.717, 1.165) is 5.56 Å². The van der Waals surface area contributed by atoms with E-state index >= 15 is 0 Å². The second-order valence-corrected chi connectivity index (χ2v) is 3.71. The van der Waals surface area contributed by atoms with Gasteiger partial charge >= 0.3 is 0 Å². The summed E-state index contributed by atoms with van der Waals surface area (Å²) >= 11 is 0. The zero-order valence-corrected chi connectivity index (χ0v) is 9.26. The molecule has 0 aliphatic carbocycles. The molecule has 16 heavy (non-hydrogen) atoms. The topological polar surface area (TPSA) is 69.6 Å². The first kappa shape index (κ1) is 12.7. The van der Waals surface area contributed by atoms with Crippen LogP contribution in [0.15, 0.2) is 30.3 Å². The van der Waals surface area contributed by atoms with Crippen molar-refractivity contribution in [2.24, 2.45) is 0 Å². The molecule has 2 atom stereocenters. The standard InChI is InChI=1S/C12H17NO3/c1-9(10-5-3-2-4-6-10)12(16)13-7-11(15)8-14/h2-6,9,11,14-15H,7-8H2,1H3,(H,13,16). The number of benzene rings is 1. The number of aliphatic hydroxyl groups is 2. The van der Waals surface area contributed by atoms with Crippen LogP contribution in [0.4, 0.5) is 0 Å². The van der Waals surface area contributed by atoms with Crippen molar-refractivity contribution in [2.45, 2.75) is 18.9 Å². The Bertz CT molecular complexity index is 326. The van der Waals surface area contributed by atoms with Crippen molar-refractivity contribution in [1.82, 2.24) is 5.32 Å². The van der Waals surface area contributed by atoms with E-state index in [2.05, 4.69) is 5.32 Å². The Kier molecular flexibility index (Phi) is 4.95. The zero-order valence-electron chi connectivity index (χ0n) is 9.26. The number of aliphatic hydroxyl groups excluding tert-OH is 2. The van der Waals surface area contributed by atoms with E-state index in [-0.39, 0.29) is 25.0 Å². The molecule has 0 aliphatic heterocycles. The van der Waals surface area contributed by atoms with Crippen molar-refractivity contribution in [3.05, 3.63) is 35.9 Å². The molecule has 2 unspecified atom stereocenters. The van der Waals surface area contributed by atoms with Gasteiger partial charge in [0.25, 0.3) is 0 Å². The van der Waals surface area contributed by atoms with Crippen molar-refractivity contribution in [3.8, 4) is 0 Å². The molecule has 4 heteroatoms. The van der Waals surface area contributed by atoms with Crippen molar-refractivity contribution >= 4 is 5.91 Å². The third kappa shape index (κ3) is 3.64. The molecule has 0 saturated heterocycles. The van der Waals surface area contributed by atoms with Crippen molar-refractivity contribution in [3.63, 3.8) is 0 Å². The van der Waals surface area contributed by atoms with Crippen molar-refractivity contribution < 1.29 is 15.0 Å². The zero-order chi connectivity index (χ0) is 12.0. The van der Waals surface area contributed by atoms with Crippen LogP contribution in [0.25, 0.3) is 0 Å². The molecule has 0 radical (unpaired) electrons. The normalized spacial score (nSPS) is 14.2. The maximum absolute atomic E-state index is 11.7. The summed E-state index contributed by atoms with van der Waals surface area (Å²) in [5.41, 5.74) is 0.929. The van der Waals surface area contributed by atoms with Gasteiger partial charge in [-0.05, 0) is 12.5 Å². The molecule has 3 N–H and O–H groups in total. The Morgan fingerprint density at radius 2 is 2.00 bits per heavy atom. The maximum atomic E-state index is 11.7. The van der Waals surface area contributed by atoms with Gasteiger partial charge in [0.15, 0.2) is 0 Å². The van der Waals surface area contributed by atoms with E-state index in [1.165, 1.54) is 0 Å². The van der Waals surface area contributed by atoms with Crippen molar-refractivity contribution in [2.75, 3.05) is 13.2 Å². The minimum Gasteiger partial charge on any atom is -0.394 e. The Morgan fingerprint density at radius 1 is 1.38 bits per heavy atom. The largest absolute Gasteiger partial charge is 0.394 e. The highest BCUT2D eigenvalue weighted by atomic mass is 16.3. The average Bonchev–Trinajstić information content (AvgIpc) is 2.35. The third-order valence-electron chi connectivity index (χ3n) is 2.42. The minimum atomic E-state index is -0.896. The molecule has 1 aromatic rings. The van der Waals surface area contributed by atoms with Crippen LogP contribution >= 0.6 is 0 Å². The Morgan fingerprint density at radius 3 is 2.56 bits per heavy atom. The number of carbonyl (C=O) groups is 1. The molecule has 0 heterocycles. The smallest absolute Gasteiger partial charge is 0.227 e. The molecule has 4 nitrogen and oxygen atoms in total. The summed E-state index contributed by atoms with van der Waals surface area (Å²) in [5.74, 6) is -0.411. The van der Waals surface area contributed by atoms with Crippen LogP contribution < -0.4 is 5.32 Å². The van der Waals surface area contributed by atoms with Gasteiger partial charge in [-0.25, -0.2) is 0 Å². The second kappa shape index (κ2) is 6.25. The van der Waals surface area contributed by atoms with Crippen LogP contribution in [0.5, 0.6) is 0 Å². The van der Waals surface area contributed by atoms with Crippen LogP contribution in [-0.2, 0) is 4.79 Å². The summed E-state index contributed by atoms with van der Waals surface area (Å²) in [5, 5.41) is 20.3. The number of rotatable bonds is 5. The van der Waals surface area contributed by atoms with E-state index in [1.807, 2.05) is 30.3 Å². The fraction of sp³-hybridized carbons (Fsp3) is 0.417. The van der Waals surface area contributed by atoms with Gasteiger partial charge in [0.05, 0.1) is 18.6 Å². The molecule has 0 aromatic heterocycles. The van der Waals surface area contributed by atoms with Gasteiger partial charge in [-0.3, -0.25) is 4.79 Å². The fourth-order valence-electron chi connectivity index (χ4n) is 1.33. The molecule has 1 amide bonds. The number of hydrogen-bond donors (Lipinski definition) is 3. The molecular weight excluding hydrogens is 206 g/mol. The van der Waals surface area contributed by atoms with Gasteiger partial charge < -0.3 is 15.5 Å². The van der Waals surface area contributed by atoms with Gasteiger partial charge in [0.1, 0.15) is 0 Å². The molecule has 0 fully saturated rings. The lowest BCUT2D eigenvalue weighted by molar-refractivity contribution is -0.122. The van der Waals surface area contributed by atoms with Gasteiger partial charge in [0, 0.05) is 6.54 Å². The average molecular weight is 223 g/mol. The van der Waals surface area contributed by atoms with Crippen LogP contribution in [0.3, 0.4) is 0 Å². The van der Waals surface area contributed by atoms with E-state index < -0.39 is 6.10 Å². The fourth-order valence-corrected chi connectivity index (χ4v) is 1.33. The van der Waals surface area contributed by atoms with Gasteiger partial charge in [-0.1, -0.05) is 30.3 Å². The van der Waals surface area contributed by atoms with Gasteiger partial charge in [-0.15, -0.1) is 0 Å². The highest BCUT2D eigenvalue weighted by molar-refractivity contribution is 5.83. The number of nitrogens with one attached hydrogen (secondary N) is 1. The molecule has 1 aromatic carbocycles. The summed E-state index contributed by atoms with van der Waals surface area (Å²) in [4.78, 5) is 11.7. The highest BCUT2D eigenvalue weighted by Gasteiger charge is 2.15. The maximum Gasteiger partial charge on any atom is 0.227 e. The van der Waals surface area contributed by atoms with Crippen molar-refractivity contribution in [1.29, 1.82) is 0 Å². The first-order valence-electron chi connectivity index (χ1n) is 5.26. The molecule has 0 bridgehead atoms. The summed E-state index contributed by atoms with van der Waals surface area (Å²) in [6.45, 7) is 1.53. The number of amides is 1. The molecule has 0 aliphatic rings. The highest BCUT2D eigenvalue weighted by Crippen LogP contribution is 2.14. The predicted octanol–water partition coefficient (Wildman–Crippen LogP) is 0.259. The lowest BCUT2D eigenvalue weighted by atomic mass is 10.0. The molecular formula is C12H17NO3. The lowest BCUT2D eigenvalue weighted by Crippen LogP contribution is -2.36. The van der Waals surface area contributed by atoms with E-state index in [0.29, 0.717) is 0 Å². The minimum absolute atomic E-state index is 0.0759. The van der Waals surface area contributed by atoms with Crippen LogP contribution in [-0.4, -0.2) is 35.4 Å². The Hall–Kier alpha value is -1.39. The first-order chi connectivity index (χ1) is 7.65. The van der Waals surface area contributed by atoms with Crippen LogP contribution in [0, 0.1) is 0 Å². The van der Waals surface area contributed by atoms with Crippen LogP contribution in [0.2, 0.25) is 0 Å². The Labute approximate surface area is 94.9 Å². The second-order valence-electron chi connectivity index (χ2n) is 3.71. The first-order valence-corrected chi connectivity index (χ1v) is 5.26. The SMILES string of the molecule is CC(C(=O)NCC(O)CO)c1ccccc1. The predicted molar refractivity (Wildman–Crippen MR) is 61.0 cm³/mol. The van der Waals surface area contributed by atoms with E-state index in [4.69, 9.17) is 10.2 Å². The molecule has 0 spiro atoms. The number of hydrogen-bond acceptors (Lipinski definition) is 3. The van der Waals surface area contributed by atoms with Gasteiger partial charge in [0.2, 0.25) is 5.91 Å². The summed E-state index contributed by atoms with van der Waals surface area (Å²) in [6.07, 6.45) is -0.896. The lowest BCUT2D eigenvalue weighted by Gasteiger charge is -2.14. The van der Waals surface area contributed by atoms with E-state index in [1.54, 1.807) is 6.92 Å². The number of carbonyl (C=O) groups excluding carboxylic acids is 1. The summed E-state index contributed by atoms with van der Waals surface area (Å²) in [6, 6.07) is 9.41. The summed E-state index contributed by atoms with van der Waals surface area (Å²) in [7, 11) is 0. The molecule has 88 valence electrons. The van der Waals surface area contributed by atoms with E-state index in [9.17, 15) is 4.79 Å². The monoisotopic (exact) mass is 223 g/mol. The third-order valence-corrected chi connectivity index (χ3v) is 2.42. The Balaban J connectivity index is 2.49. The molecule has 0 saturated carbocycles. The van der Waals surface area contributed by atoms with Gasteiger partial charge in [-0.2, -0.15) is 0 Å². The molecule has 1 rings (SSSR count). The quantitative estimate of drug-likeness (QED) is 0.670. The van der Waals surface area contributed by atoms with Crippen LogP contribution in [0.1, 0.15) is 18.4 Å². The summed E-state index contributed by atoms with van der Waals surface area (Å²) < 4.78 is 0.